The van der Waals surface area contributed by atoms with Gasteiger partial charge in [0, 0.05) is 19.5 Å². The fourth-order valence-corrected chi connectivity index (χ4v) is 2.34. The first-order valence-electron chi connectivity index (χ1n) is 6.83. The minimum Gasteiger partial charge on any atom is -0.481 e. The molecule has 1 heterocycles. The number of carbonyl (C=O) groups excluding carboxylic acids is 1. The molecule has 0 aliphatic carbocycles. The number of aliphatic carboxylic acids is 1. The summed E-state index contributed by atoms with van der Waals surface area (Å²) in [5.74, 6) is -0.253. The van der Waals surface area contributed by atoms with Gasteiger partial charge < -0.3 is 15.3 Å². The second kappa shape index (κ2) is 8.08. The third-order valence-electron chi connectivity index (χ3n) is 3.34. The molecular weight excluding hydrogens is 232 g/mol. The molecular formula is C13H24N2O3. The van der Waals surface area contributed by atoms with E-state index in [0.717, 1.165) is 38.9 Å². The van der Waals surface area contributed by atoms with Crippen LogP contribution in [-0.2, 0) is 9.59 Å². The molecule has 0 radical (unpaired) electrons. The monoisotopic (exact) mass is 256 g/mol. The van der Waals surface area contributed by atoms with Crippen LogP contribution in [0.1, 0.15) is 39.0 Å². The molecule has 1 rings (SSSR count). The van der Waals surface area contributed by atoms with Crippen LogP contribution in [0.3, 0.4) is 0 Å². The van der Waals surface area contributed by atoms with E-state index in [1.807, 2.05) is 4.90 Å². The van der Waals surface area contributed by atoms with Crippen LogP contribution in [-0.4, -0.2) is 48.1 Å². The van der Waals surface area contributed by atoms with Crippen LogP contribution in [0.25, 0.3) is 0 Å². The highest BCUT2D eigenvalue weighted by Gasteiger charge is 2.23. The van der Waals surface area contributed by atoms with Crippen LogP contribution < -0.4 is 5.32 Å². The predicted molar refractivity (Wildman–Crippen MR) is 69.3 cm³/mol. The average molecular weight is 256 g/mol. The molecule has 0 aromatic carbocycles. The van der Waals surface area contributed by atoms with Crippen molar-refractivity contribution in [1.29, 1.82) is 0 Å². The maximum Gasteiger partial charge on any atom is 0.303 e. The predicted octanol–water partition coefficient (Wildman–Crippen LogP) is 1.09. The van der Waals surface area contributed by atoms with Crippen LogP contribution in [0.2, 0.25) is 0 Å². The summed E-state index contributed by atoms with van der Waals surface area (Å²) in [7, 11) is 0. The van der Waals surface area contributed by atoms with Gasteiger partial charge in [-0.25, -0.2) is 0 Å². The average Bonchev–Trinajstić information content (AvgIpc) is 2.37. The van der Waals surface area contributed by atoms with Crippen LogP contribution >= 0.6 is 0 Å². The lowest BCUT2D eigenvalue weighted by atomic mass is 9.93. The number of amides is 1. The number of nitrogens with one attached hydrogen (secondary N) is 1. The molecule has 2 N–H and O–H groups in total. The Morgan fingerprint density at radius 2 is 2.22 bits per heavy atom. The number of carboxylic acids is 1. The molecule has 1 atom stereocenters. The number of hydrogen-bond donors (Lipinski definition) is 2. The lowest BCUT2D eigenvalue weighted by Crippen LogP contribution is -2.44. The Labute approximate surface area is 109 Å². The van der Waals surface area contributed by atoms with Gasteiger partial charge in [-0.1, -0.05) is 6.92 Å². The van der Waals surface area contributed by atoms with E-state index in [1.54, 1.807) is 0 Å². The normalized spacial score (nSPS) is 19.8. The highest BCUT2D eigenvalue weighted by atomic mass is 16.4. The molecule has 104 valence electrons. The highest BCUT2D eigenvalue weighted by Crippen LogP contribution is 2.20. The van der Waals surface area contributed by atoms with Crippen molar-refractivity contribution >= 4 is 11.9 Å². The van der Waals surface area contributed by atoms with Crippen molar-refractivity contribution in [3.63, 3.8) is 0 Å². The van der Waals surface area contributed by atoms with Gasteiger partial charge in [0.05, 0.1) is 6.54 Å². The summed E-state index contributed by atoms with van der Waals surface area (Å²) < 4.78 is 0. The van der Waals surface area contributed by atoms with E-state index in [4.69, 9.17) is 5.11 Å². The van der Waals surface area contributed by atoms with E-state index in [1.165, 1.54) is 0 Å². The number of nitrogens with zero attached hydrogens (tertiary/aromatic N) is 1. The third kappa shape index (κ3) is 5.49. The summed E-state index contributed by atoms with van der Waals surface area (Å²) >= 11 is 0. The zero-order valence-electron chi connectivity index (χ0n) is 11.2. The van der Waals surface area contributed by atoms with E-state index in [9.17, 15) is 9.59 Å². The Morgan fingerprint density at radius 3 is 2.89 bits per heavy atom. The highest BCUT2D eigenvalue weighted by molar-refractivity contribution is 5.78. The Morgan fingerprint density at radius 1 is 1.44 bits per heavy atom. The maximum absolute atomic E-state index is 11.9. The number of likely N-dealkylation sites (tertiary alicyclic amines) is 1. The molecule has 18 heavy (non-hydrogen) atoms. The molecule has 0 saturated carbocycles. The van der Waals surface area contributed by atoms with E-state index in [2.05, 4.69) is 12.2 Å². The van der Waals surface area contributed by atoms with E-state index >= 15 is 0 Å². The molecule has 1 aliphatic heterocycles. The summed E-state index contributed by atoms with van der Waals surface area (Å²) in [5.41, 5.74) is 0. The number of carbonyl (C=O) groups is 2. The molecule has 0 aromatic heterocycles. The number of piperidine rings is 1. The zero-order chi connectivity index (χ0) is 13.4. The second-order valence-corrected chi connectivity index (χ2v) is 4.96. The molecule has 1 aliphatic rings. The molecule has 1 saturated heterocycles. The molecule has 1 fully saturated rings. The first kappa shape index (κ1) is 15.0. The zero-order valence-corrected chi connectivity index (χ0v) is 11.2. The SMILES string of the molecule is CCCNCC(=O)N1CCCC(CCC(=O)O)C1. The summed E-state index contributed by atoms with van der Waals surface area (Å²) in [6.07, 6.45) is 3.94. The standard InChI is InChI=1S/C13H24N2O3/c1-2-7-14-9-12(16)15-8-3-4-11(10-15)5-6-13(17)18/h11,14H,2-10H2,1H3,(H,17,18). The van der Waals surface area contributed by atoms with Crippen LogP contribution in [0.15, 0.2) is 0 Å². The van der Waals surface area contributed by atoms with Gasteiger partial charge in [-0.15, -0.1) is 0 Å². The lowest BCUT2D eigenvalue weighted by molar-refractivity contribution is -0.137. The van der Waals surface area contributed by atoms with Gasteiger partial charge >= 0.3 is 5.97 Å². The molecule has 1 amide bonds. The van der Waals surface area contributed by atoms with Crippen molar-refractivity contribution in [2.24, 2.45) is 5.92 Å². The van der Waals surface area contributed by atoms with Gasteiger partial charge in [0.15, 0.2) is 0 Å². The van der Waals surface area contributed by atoms with Crippen molar-refractivity contribution in [2.45, 2.75) is 39.0 Å². The van der Waals surface area contributed by atoms with Gasteiger partial charge in [0.2, 0.25) is 5.91 Å². The van der Waals surface area contributed by atoms with Crippen LogP contribution in [0.5, 0.6) is 0 Å². The van der Waals surface area contributed by atoms with Crippen molar-refractivity contribution in [2.75, 3.05) is 26.2 Å². The first-order chi connectivity index (χ1) is 8.63. The Bertz CT molecular complexity index is 281. The fraction of sp³-hybridized carbons (Fsp3) is 0.846. The van der Waals surface area contributed by atoms with Crippen molar-refractivity contribution in [3.8, 4) is 0 Å². The van der Waals surface area contributed by atoms with E-state index < -0.39 is 5.97 Å². The van der Waals surface area contributed by atoms with Gasteiger partial charge in [-0.2, -0.15) is 0 Å². The molecule has 5 heteroatoms. The number of rotatable bonds is 7. The van der Waals surface area contributed by atoms with Gasteiger partial charge in [-0.3, -0.25) is 9.59 Å². The summed E-state index contributed by atoms with van der Waals surface area (Å²) in [5, 5.41) is 11.8. The second-order valence-electron chi connectivity index (χ2n) is 4.96. The Balaban J connectivity index is 2.28. The Hall–Kier alpha value is -1.10. The Kier molecular flexibility index (Phi) is 6.72. The van der Waals surface area contributed by atoms with Crippen LogP contribution in [0.4, 0.5) is 0 Å². The maximum atomic E-state index is 11.9. The van der Waals surface area contributed by atoms with E-state index in [0.29, 0.717) is 18.9 Å². The lowest BCUT2D eigenvalue weighted by Gasteiger charge is -2.32. The van der Waals surface area contributed by atoms with E-state index in [-0.39, 0.29) is 12.3 Å². The smallest absolute Gasteiger partial charge is 0.303 e. The van der Waals surface area contributed by atoms with Gasteiger partial charge in [0.1, 0.15) is 0 Å². The van der Waals surface area contributed by atoms with Crippen molar-refractivity contribution in [3.05, 3.63) is 0 Å². The van der Waals surface area contributed by atoms with Crippen molar-refractivity contribution in [1.82, 2.24) is 10.2 Å². The minimum absolute atomic E-state index is 0.142. The molecule has 1 unspecified atom stereocenters. The quantitative estimate of drug-likeness (QED) is 0.669. The molecule has 5 nitrogen and oxygen atoms in total. The molecule has 0 spiro atoms. The third-order valence-corrected chi connectivity index (χ3v) is 3.34. The molecule has 0 bridgehead atoms. The van der Waals surface area contributed by atoms with Gasteiger partial charge in [0.25, 0.3) is 0 Å². The number of carboxylic acid groups (broad SMARTS) is 1. The largest absolute Gasteiger partial charge is 0.481 e. The summed E-state index contributed by atoms with van der Waals surface area (Å²) in [6.45, 7) is 4.87. The first-order valence-corrected chi connectivity index (χ1v) is 6.83. The summed E-state index contributed by atoms with van der Waals surface area (Å²) in [6, 6.07) is 0. The van der Waals surface area contributed by atoms with Crippen LogP contribution in [0, 0.1) is 5.92 Å². The van der Waals surface area contributed by atoms with Crippen molar-refractivity contribution < 1.29 is 14.7 Å². The number of hydrogen-bond acceptors (Lipinski definition) is 3. The molecule has 0 aromatic rings. The minimum atomic E-state index is -0.747. The van der Waals surface area contributed by atoms with Gasteiger partial charge in [-0.05, 0) is 38.1 Å². The topological polar surface area (TPSA) is 69.6 Å². The fourth-order valence-electron chi connectivity index (χ4n) is 2.34. The summed E-state index contributed by atoms with van der Waals surface area (Å²) in [4.78, 5) is 24.3.